The third kappa shape index (κ3) is 2.71. The van der Waals surface area contributed by atoms with Gasteiger partial charge in [0.25, 0.3) is 0 Å². The highest BCUT2D eigenvalue weighted by Gasteiger charge is 2.36. The fraction of sp³-hybridized carbons (Fsp3) is 0.562. The Morgan fingerprint density at radius 1 is 1.32 bits per heavy atom. The molecule has 0 aromatic heterocycles. The molecule has 102 valence electrons. The van der Waals surface area contributed by atoms with E-state index in [4.69, 9.17) is 4.74 Å². The lowest BCUT2D eigenvalue weighted by Gasteiger charge is -2.33. The molecule has 19 heavy (non-hydrogen) atoms. The number of nitrogens with zero attached hydrogens (tertiary/aromatic N) is 1. The average molecular weight is 259 g/mol. The molecule has 3 heteroatoms. The number of isocyanates is 1. The molecule has 0 amide bonds. The Bertz CT molecular complexity index is 484. The second-order valence-electron chi connectivity index (χ2n) is 5.18. The predicted molar refractivity (Wildman–Crippen MR) is 75.3 cm³/mol. The summed E-state index contributed by atoms with van der Waals surface area (Å²) in [5.41, 5.74) is 1.88. The summed E-state index contributed by atoms with van der Waals surface area (Å²) in [6, 6.07) is 6.21. The fourth-order valence-corrected chi connectivity index (χ4v) is 3.00. The van der Waals surface area contributed by atoms with Gasteiger partial charge in [0.2, 0.25) is 6.08 Å². The number of methoxy groups -OCH3 is 1. The van der Waals surface area contributed by atoms with Crippen molar-refractivity contribution in [3.63, 3.8) is 0 Å². The summed E-state index contributed by atoms with van der Waals surface area (Å²) in [4.78, 5) is 15.1. The monoisotopic (exact) mass is 259 g/mol. The van der Waals surface area contributed by atoms with Crippen LogP contribution in [0.3, 0.4) is 0 Å². The van der Waals surface area contributed by atoms with Crippen molar-refractivity contribution in [3.05, 3.63) is 29.3 Å². The molecule has 0 heterocycles. The van der Waals surface area contributed by atoms with Gasteiger partial charge in [0.05, 0.1) is 7.11 Å². The van der Waals surface area contributed by atoms with Crippen LogP contribution in [-0.4, -0.2) is 13.2 Å². The van der Waals surface area contributed by atoms with E-state index in [0.29, 0.717) is 0 Å². The van der Waals surface area contributed by atoms with Gasteiger partial charge in [-0.3, -0.25) is 0 Å². The molecule has 0 aliphatic heterocycles. The standard InChI is InChI=1S/C16H21NO2/c1-3-13-7-8-15(19-2)14(11-13)16(17-12-18)9-5-4-6-10-16/h7-8,11H,3-6,9-10H2,1-2H3. The summed E-state index contributed by atoms with van der Waals surface area (Å²) < 4.78 is 5.48. The highest BCUT2D eigenvalue weighted by atomic mass is 16.5. The smallest absolute Gasteiger partial charge is 0.235 e. The van der Waals surface area contributed by atoms with Gasteiger partial charge in [-0.05, 0) is 37.0 Å². The van der Waals surface area contributed by atoms with E-state index in [1.807, 2.05) is 6.07 Å². The second-order valence-corrected chi connectivity index (χ2v) is 5.18. The molecule has 1 fully saturated rings. The van der Waals surface area contributed by atoms with E-state index >= 15 is 0 Å². The minimum Gasteiger partial charge on any atom is -0.496 e. The molecule has 0 spiro atoms. The Labute approximate surface area is 114 Å². The van der Waals surface area contributed by atoms with Crippen LogP contribution in [-0.2, 0) is 16.8 Å². The highest BCUT2D eigenvalue weighted by Crippen LogP contribution is 2.44. The summed E-state index contributed by atoms with van der Waals surface area (Å²) in [6.07, 6.45) is 7.99. The molecule has 0 N–H and O–H groups in total. The van der Waals surface area contributed by atoms with Crippen molar-refractivity contribution in [1.29, 1.82) is 0 Å². The number of ether oxygens (including phenoxy) is 1. The van der Waals surface area contributed by atoms with E-state index in [1.54, 1.807) is 13.2 Å². The Balaban J connectivity index is 2.53. The Kier molecular flexibility index (Phi) is 4.39. The van der Waals surface area contributed by atoms with Crippen molar-refractivity contribution >= 4 is 6.08 Å². The first-order valence-corrected chi connectivity index (χ1v) is 7.02. The predicted octanol–water partition coefficient (Wildman–Crippen LogP) is 3.75. The van der Waals surface area contributed by atoms with E-state index < -0.39 is 5.54 Å². The number of hydrogen-bond donors (Lipinski definition) is 0. The van der Waals surface area contributed by atoms with Crippen LogP contribution in [0.5, 0.6) is 5.75 Å². The Morgan fingerprint density at radius 3 is 2.63 bits per heavy atom. The zero-order valence-corrected chi connectivity index (χ0v) is 11.7. The van der Waals surface area contributed by atoms with Crippen LogP contribution in [0.25, 0.3) is 0 Å². The largest absolute Gasteiger partial charge is 0.496 e. The molecule has 0 unspecified atom stereocenters. The maximum atomic E-state index is 10.9. The minimum absolute atomic E-state index is 0.420. The first-order chi connectivity index (χ1) is 9.25. The second kappa shape index (κ2) is 6.03. The summed E-state index contributed by atoms with van der Waals surface area (Å²) in [5, 5.41) is 0. The van der Waals surface area contributed by atoms with Crippen LogP contribution >= 0.6 is 0 Å². The van der Waals surface area contributed by atoms with Gasteiger partial charge < -0.3 is 4.74 Å². The van der Waals surface area contributed by atoms with Gasteiger partial charge in [0.1, 0.15) is 11.3 Å². The van der Waals surface area contributed by atoms with Crippen LogP contribution in [0, 0.1) is 0 Å². The van der Waals surface area contributed by atoms with E-state index in [0.717, 1.165) is 43.4 Å². The van der Waals surface area contributed by atoms with Gasteiger partial charge in [-0.2, -0.15) is 4.99 Å². The number of rotatable bonds is 4. The maximum absolute atomic E-state index is 10.9. The zero-order valence-electron chi connectivity index (χ0n) is 11.7. The Hall–Kier alpha value is -1.60. The fourth-order valence-electron chi connectivity index (χ4n) is 3.00. The van der Waals surface area contributed by atoms with Crippen molar-refractivity contribution in [3.8, 4) is 5.75 Å². The number of benzene rings is 1. The molecule has 1 aliphatic rings. The van der Waals surface area contributed by atoms with Crippen molar-refractivity contribution in [2.75, 3.05) is 7.11 Å². The number of aliphatic imine (C=N–C) groups is 1. The van der Waals surface area contributed by atoms with Gasteiger partial charge >= 0.3 is 0 Å². The molecule has 0 saturated heterocycles. The quantitative estimate of drug-likeness (QED) is 0.610. The normalized spacial score (nSPS) is 17.6. The summed E-state index contributed by atoms with van der Waals surface area (Å²) in [5.74, 6) is 0.832. The van der Waals surface area contributed by atoms with Gasteiger partial charge in [-0.1, -0.05) is 32.3 Å². The van der Waals surface area contributed by atoms with Gasteiger partial charge in [-0.15, -0.1) is 0 Å². The third-order valence-electron chi connectivity index (χ3n) is 4.11. The van der Waals surface area contributed by atoms with Crippen LogP contribution in [0.4, 0.5) is 0 Å². The molecule has 0 bridgehead atoms. The molecular formula is C16H21NO2. The van der Waals surface area contributed by atoms with E-state index in [-0.39, 0.29) is 0 Å². The lowest BCUT2D eigenvalue weighted by atomic mass is 9.76. The number of aryl methyl sites for hydroxylation is 1. The van der Waals surface area contributed by atoms with Crippen LogP contribution in [0.1, 0.15) is 50.2 Å². The molecule has 3 nitrogen and oxygen atoms in total. The molecule has 1 aromatic carbocycles. The van der Waals surface area contributed by atoms with Crippen LogP contribution < -0.4 is 4.74 Å². The van der Waals surface area contributed by atoms with Gasteiger partial charge in [-0.25, -0.2) is 4.79 Å². The molecule has 1 saturated carbocycles. The lowest BCUT2D eigenvalue weighted by Crippen LogP contribution is -2.27. The van der Waals surface area contributed by atoms with Gasteiger partial charge in [0, 0.05) is 5.56 Å². The van der Waals surface area contributed by atoms with Gasteiger partial charge in [0.15, 0.2) is 0 Å². The minimum atomic E-state index is -0.420. The SMILES string of the molecule is CCc1ccc(OC)c(C2(N=C=O)CCCCC2)c1. The summed E-state index contributed by atoms with van der Waals surface area (Å²) in [6.45, 7) is 2.13. The van der Waals surface area contributed by atoms with Crippen molar-refractivity contribution in [2.45, 2.75) is 51.0 Å². The zero-order chi connectivity index (χ0) is 13.7. The molecule has 1 aliphatic carbocycles. The summed E-state index contributed by atoms with van der Waals surface area (Å²) in [7, 11) is 1.67. The molecule has 2 rings (SSSR count). The Morgan fingerprint density at radius 2 is 2.05 bits per heavy atom. The average Bonchev–Trinajstić information content (AvgIpc) is 2.48. The van der Waals surface area contributed by atoms with E-state index in [2.05, 4.69) is 24.0 Å². The van der Waals surface area contributed by atoms with Crippen LogP contribution in [0.15, 0.2) is 23.2 Å². The topological polar surface area (TPSA) is 38.7 Å². The molecular weight excluding hydrogens is 238 g/mol. The highest BCUT2D eigenvalue weighted by molar-refractivity contribution is 5.46. The molecule has 0 radical (unpaired) electrons. The number of hydrogen-bond acceptors (Lipinski definition) is 3. The van der Waals surface area contributed by atoms with E-state index in [1.165, 1.54) is 12.0 Å². The summed E-state index contributed by atoms with van der Waals surface area (Å²) >= 11 is 0. The van der Waals surface area contributed by atoms with Crippen LogP contribution in [0.2, 0.25) is 0 Å². The molecule has 1 aromatic rings. The number of carbonyl (C=O) groups excluding carboxylic acids is 1. The molecule has 0 atom stereocenters. The first kappa shape index (κ1) is 13.8. The van der Waals surface area contributed by atoms with Crippen molar-refractivity contribution in [1.82, 2.24) is 0 Å². The lowest BCUT2D eigenvalue weighted by molar-refractivity contribution is 0.290. The maximum Gasteiger partial charge on any atom is 0.235 e. The van der Waals surface area contributed by atoms with Crippen molar-refractivity contribution in [2.24, 2.45) is 4.99 Å². The third-order valence-corrected chi connectivity index (χ3v) is 4.11. The van der Waals surface area contributed by atoms with E-state index in [9.17, 15) is 4.79 Å². The first-order valence-electron chi connectivity index (χ1n) is 7.02. The van der Waals surface area contributed by atoms with Crippen molar-refractivity contribution < 1.29 is 9.53 Å².